The Morgan fingerprint density at radius 3 is 2.50 bits per heavy atom. The van der Waals surface area contributed by atoms with Crippen molar-refractivity contribution in [1.29, 1.82) is 0 Å². The van der Waals surface area contributed by atoms with Crippen LogP contribution in [0.15, 0.2) is 72.8 Å². The number of aryl methyl sites for hydroxylation is 2. The third kappa shape index (κ3) is 3.62. The van der Waals surface area contributed by atoms with Crippen molar-refractivity contribution < 1.29 is 14.3 Å². The topological polar surface area (TPSA) is 35.5 Å². The molecule has 0 aromatic heterocycles. The number of carbonyl (C=O) groups excluding carboxylic acids is 1. The first-order valence-corrected chi connectivity index (χ1v) is 8.89. The summed E-state index contributed by atoms with van der Waals surface area (Å²) >= 11 is 0. The van der Waals surface area contributed by atoms with Gasteiger partial charge in [-0.3, -0.25) is 0 Å². The Balaban J connectivity index is 1.42. The lowest BCUT2D eigenvalue weighted by Crippen LogP contribution is -2.18. The largest absolute Gasteiger partial charge is 0.481 e. The van der Waals surface area contributed by atoms with Crippen LogP contribution in [0.5, 0.6) is 11.5 Å². The summed E-state index contributed by atoms with van der Waals surface area (Å²) in [5.41, 5.74) is 4.65. The van der Waals surface area contributed by atoms with Crippen LogP contribution in [0.3, 0.4) is 0 Å². The van der Waals surface area contributed by atoms with Gasteiger partial charge in [0.05, 0.1) is 0 Å². The number of hydrogen-bond acceptors (Lipinski definition) is 3. The van der Waals surface area contributed by atoms with Gasteiger partial charge < -0.3 is 9.47 Å². The molecule has 1 aliphatic carbocycles. The zero-order valence-corrected chi connectivity index (χ0v) is 14.5. The molecule has 130 valence electrons. The van der Waals surface area contributed by atoms with Crippen LogP contribution in [0, 0.1) is 0 Å². The Morgan fingerprint density at radius 2 is 1.62 bits per heavy atom. The van der Waals surface area contributed by atoms with Gasteiger partial charge in [-0.15, -0.1) is 0 Å². The van der Waals surface area contributed by atoms with Crippen molar-refractivity contribution in [2.45, 2.75) is 19.3 Å². The van der Waals surface area contributed by atoms with Crippen LogP contribution in [0.25, 0.3) is 11.1 Å². The van der Waals surface area contributed by atoms with Gasteiger partial charge in [-0.25, -0.2) is 4.79 Å². The fourth-order valence-corrected chi connectivity index (χ4v) is 3.36. The smallest absolute Gasteiger partial charge is 0.349 e. The van der Waals surface area contributed by atoms with E-state index in [9.17, 15) is 4.79 Å². The highest BCUT2D eigenvalue weighted by Crippen LogP contribution is 2.30. The number of rotatable bonds is 5. The van der Waals surface area contributed by atoms with Crippen molar-refractivity contribution >= 4 is 5.97 Å². The minimum absolute atomic E-state index is 0.124. The molecule has 0 heterocycles. The molecule has 0 radical (unpaired) electrons. The maximum atomic E-state index is 12.2. The Hall–Kier alpha value is -3.07. The van der Waals surface area contributed by atoms with Crippen LogP contribution in [-0.2, 0) is 17.6 Å². The summed E-state index contributed by atoms with van der Waals surface area (Å²) in [7, 11) is 0. The lowest BCUT2D eigenvalue weighted by Gasteiger charge is -2.12. The second-order valence-electron chi connectivity index (χ2n) is 6.41. The number of ether oxygens (including phenoxy) is 2. The zero-order valence-electron chi connectivity index (χ0n) is 14.5. The number of fused-ring (bicyclic) bond motifs is 1. The lowest BCUT2D eigenvalue weighted by atomic mass is 10.1. The predicted octanol–water partition coefficient (Wildman–Crippen LogP) is 4.83. The molecule has 3 aromatic carbocycles. The third-order valence-corrected chi connectivity index (χ3v) is 4.62. The summed E-state index contributed by atoms with van der Waals surface area (Å²) in [6.07, 6.45) is 3.34. The number of hydrogen-bond donors (Lipinski definition) is 0. The van der Waals surface area contributed by atoms with E-state index in [1.807, 2.05) is 66.7 Å². The van der Waals surface area contributed by atoms with Crippen LogP contribution in [-0.4, -0.2) is 12.6 Å². The van der Waals surface area contributed by atoms with E-state index in [-0.39, 0.29) is 6.61 Å². The monoisotopic (exact) mass is 344 g/mol. The van der Waals surface area contributed by atoms with Crippen molar-refractivity contribution in [3.05, 3.63) is 83.9 Å². The van der Waals surface area contributed by atoms with E-state index >= 15 is 0 Å². The minimum Gasteiger partial charge on any atom is -0.481 e. The third-order valence-electron chi connectivity index (χ3n) is 4.62. The molecule has 0 amide bonds. The van der Waals surface area contributed by atoms with Crippen molar-refractivity contribution in [3.8, 4) is 22.6 Å². The lowest BCUT2D eigenvalue weighted by molar-refractivity contribution is -0.136. The Bertz CT molecular complexity index is 916. The van der Waals surface area contributed by atoms with Crippen molar-refractivity contribution in [3.63, 3.8) is 0 Å². The average molecular weight is 344 g/mol. The summed E-state index contributed by atoms with van der Waals surface area (Å²) < 4.78 is 11.2. The van der Waals surface area contributed by atoms with Gasteiger partial charge in [0.25, 0.3) is 0 Å². The zero-order chi connectivity index (χ0) is 17.8. The molecule has 0 aliphatic heterocycles. The predicted molar refractivity (Wildman–Crippen MR) is 101 cm³/mol. The number of benzene rings is 3. The van der Waals surface area contributed by atoms with Gasteiger partial charge in [-0.2, -0.15) is 0 Å². The molecule has 4 rings (SSSR count). The first-order chi connectivity index (χ1) is 12.8. The minimum atomic E-state index is -0.397. The molecular formula is C23H20O3. The summed E-state index contributed by atoms with van der Waals surface area (Å²) in [5, 5.41) is 0. The highest BCUT2D eigenvalue weighted by atomic mass is 16.6. The van der Waals surface area contributed by atoms with E-state index in [2.05, 4.69) is 6.07 Å². The molecule has 26 heavy (non-hydrogen) atoms. The van der Waals surface area contributed by atoms with Gasteiger partial charge >= 0.3 is 5.97 Å². The molecule has 0 fully saturated rings. The van der Waals surface area contributed by atoms with Gasteiger partial charge in [0, 0.05) is 5.56 Å². The summed E-state index contributed by atoms with van der Waals surface area (Å²) in [4.78, 5) is 12.2. The first-order valence-electron chi connectivity index (χ1n) is 8.89. The molecule has 0 atom stereocenters. The average Bonchev–Trinajstić information content (AvgIpc) is 3.15. The van der Waals surface area contributed by atoms with E-state index in [4.69, 9.17) is 9.47 Å². The van der Waals surface area contributed by atoms with Crippen LogP contribution >= 0.6 is 0 Å². The summed E-state index contributed by atoms with van der Waals surface area (Å²) in [6, 6.07) is 23.6. The molecule has 3 aromatic rings. The van der Waals surface area contributed by atoms with E-state index < -0.39 is 5.97 Å². The fourth-order valence-electron chi connectivity index (χ4n) is 3.36. The summed E-state index contributed by atoms with van der Waals surface area (Å²) in [5.74, 6) is 0.867. The summed E-state index contributed by atoms with van der Waals surface area (Å²) in [6.45, 7) is -0.124. The molecule has 3 heteroatoms. The molecule has 0 saturated heterocycles. The highest BCUT2D eigenvalue weighted by molar-refractivity contribution is 5.75. The van der Waals surface area contributed by atoms with Crippen molar-refractivity contribution in [1.82, 2.24) is 0 Å². The number of para-hydroxylation sites is 1. The van der Waals surface area contributed by atoms with Crippen LogP contribution in [0.4, 0.5) is 0 Å². The SMILES string of the molecule is O=C(COc1ccccc1-c1ccccc1)Oc1ccc2c(c1)CCC2. The van der Waals surface area contributed by atoms with Crippen LogP contribution < -0.4 is 9.47 Å². The molecule has 3 nitrogen and oxygen atoms in total. The molecular weight excluding hydrogens is 324 g/mol. The van der Waals surface area contributed by atoms with Crippen molar-refractivity contribution in [2.24, 2.45) is 0 Å². The van der Waals surface area contributed by atoms with Gasteiger partial charge in [0.1, 0.15) is 11.5 Å². The highest BCUT2D eigenvalue weighted by Gasteiger charge is 2.14. The second-order valence-corrected chi connectivity index (χ2v) is 6.41. The van der Waals surface area contributed by atoms with E-state index in [1.54, 1.807) is 0 Å². The van der Waals surface area contributed by atoms with E-state index in [0.717, 1.165) is 24.0 Å². The van der Waals surface area contributed by atoms with Gasteiger partial charge in [-0.05, 0) is 54.2 Å². The van der Waals surface area contributed by atoms with Crippen LogP contribution in [0.2, 0.25) is 0 Å². The number of esters is 1. The molecule has 0 bridgehead atoms. The molecule has 0 saturated carbocycles. The molecule has 0 unspecified atom stereocenters. The van der Waals surface area contributed by atoms with Crippen LogP contribution in [0.1, 0.15) is 17.5 Å². The normalized spacial score (nSPS) is 12.5. The molecule has 0 N–H and O–H groups in total. The first kappa shape index (κ1) is 16.4. The standard InChI is InChI=1S/C23H20O3/c24-23(26-20-14-13-17-9-6-10-19(17)15-20)16-25-22-12-5-4-11-21(22)18-7-2-1-3-8-18/h1-5,7-8,11-15H,6,9-10,16H2. The van der Waals surface area contributed by atoms with Gasteiger partial charge in [0.2, 0.25) is 0 Å². The maximum absolute atomic E-state index is 12.2. The van der Waals surface area contributed by atoms with Gasteiger partial charge in [0.15, 0.2) is 6.61 Å². The Morgan fingerprint density at radius 1 is 0.846 bits per heavy atom. The van der Waals surface area contributed by atoms with Gasteiger partial charge in [-0.1, -0.05) is 54.6 Å². The Kier molecular flexibility index (Phi) is 4.69. The Labute approximate surface area is 153 Å². The fraction of sp³-hybridized carbons (Fsp3) is 0.174. The van der Waals surface area contributed by atoms with Crippen molar-refractivity contribution in [2.75, 3.05) is 6.61 Å². The second kappa shape index (κ2) is 7.44. The van der Waals surface area contributed by atoms with E-state index in [1.165, 1.54) is 17.5 Å². The molecule has 1 aliphatic rings. The maximum Gasteiger partial charge on any atom is 0.349 e. The van der Waals surface area contributed by atoms with E-state index in [0.29, 0.717) is 11.5 Å². The molecule has 0 spiro atoms. The quantitative estimate of drug-likeness (QED) is 0.491. The number of carbonyl (C=O) groups is 1.